The number of non-ortho nitro benzene ring substituents is 2. The largest absolute Gasteiger partial charge is 1.00 e. The van der Waals surface area contributed by atoms with Crippen LogP contribution >= 0.6 is 0 Å². The first-order valence-electron chi connectivity index (χ1n) is 16.6. The molecule has 374 valence electrons. The average molecular weight is 1240 g/mol. The Morgan fingerprint density at radius 2 is 0.974 bits per heavy atom. The van der Waals surface area contributed by atoms with Gasteiger partial charge in [-0.15, -0.1) is 103 Å². The molecule has 0 amide bonds. The fraction of sp³-hybridized carbons (Fsp3) is 0. The summed E-state index contributed by atoms with van der Waals surface area (Å²) >= 11 is 0. The predicted molar refractivity (Wildman–Crippen MR) is 224 cm³/mol. The Labute approximate surface area is 569 Å². The number of fused-ring (bicyclic) bond motifs is 2. The second-order valence-corrected chi connectivity index (χ2v) is 16.0. The number of nitrogen functional groups attached to an aromatic ring is 1. The van der Waals surface area contributed by atoms with Gasteiger partial charge in [0, 0.05) is 33.3 Å². The van der Waals surface area contributed by atoms with Crippen LogP contribution in [0.1, 0.15) is 0 Å². The first kappa shape index (κ1) is 83.0. The van der Waals surface area contributed by atoms with Crippen molar-refractivity contribution in [2.75, 3.05) is 5.73 Å². The summed E-state index contributed by atoms with van der Waals surface area (Å²) in [6.07, 6.45) is 0. The molecule has 0 atom stereocenters. The van der Waals surface area contributed by atoms with Crippen LogP contribution in [0.15, 0.2) is 107 Å². The second-order valence-electron chi connectivity index (χ2n) is 11.7. The van der Waals surface area contributed by atoms with E-state index in [9.17, 15) is 56.4 Å². The number of benzene rings is 6. The van der Waals surface area contributed by atoms with Gasteiger partial charge in [0.05, 0.1) is 9.82 Å². The quantitative estimate of drug-likeness (QED) is 0.0218. The van der Waals surface area contributed by atoms with Gasteiger partial charge in [0.25, 0.3) is 5.69 Å². The Morgan fingerprint density at radius 3 is 1.44 bits per heavy atom. The van der Waals surface area contributed by atoms with Crippen molar-refractivity contribution in [1.29, 1.82) is 0 Å². The molecule has 6 rings (SSSR count). The van der Waals surface area contributed by atoms with Crippen LogP contribution in [-0.4, -0.2) is 96.5 Å². The fourth-order valence-electron chi connectivity index (χ4n) is 4.83. The van der Waals surface area contributed by atoms with Crippen molar-refractivity contribution < 1.29 is 274 Å². The number of anilines is 1. The molecule has 0 aliphatic rings. The van der Waals surface area contributed by atoms with E-state index in [1.807, 2.05) is 0 Å². The van der Waals surface area contributed by atoms with Crippen LogP contribution in [0.25, 0.3) is 21.5 Å². The summed E-state index contributed by atoms with van der Waals surface area (Å²) in [5, 5.41) is 66.7. The van der Waals surface area contributed by atoms with Crippen molar-refractivity contribution in [3.05, 3.63) is 111 Å². The summed E-state index contributed by atoms with van der Waals surface area (Å²) in [5.41, 5.74) is 3.27. The molecule has 0 fully saturated rings. The van der Waals surface area contributed by atoms with E-state index < -0.39 is 111 Å². The molecule has 77 heavy (non-hydrogen) atoms. The van der Waals surface area contributed by atoms with Crippen LogP contribution in [-0.2, 0) is 62.7 Å². The number of nitrogens with two attached hydrogens (primary N) is 1. The molecule has 0 bridgehead atoms. The molecule has 0 saturated carbocycles. The van der Waals surface area contributed by atoms with Crippen LogP contribution in [0.3, 0.4) is 0 Å². The molecule has 0 radical (unpaired) electrons. The van der Waals surface area contributed by atoms with Crippen molar-refractivity contribution in [3.8, 4) is 11.5 Å². The molecule has 0 heterocycles. The maximum Gasteiger partial charge on any atom is 1.00 e. The van der Waals surface area contributed by atoms with E-state index in [1.54, 1.807) is 0 Å². The van der Waals surface area contributed by atoms with Crippen molar-refractivity contribution in [1.82, 2.24) is 0 Å². The van der Waals surface area contributed by atoms with Gasteiger partial charge in [0.1, 0.15) is 37.4 Å². The number of nitro benzene ring substituents is 2. The summed E-state index contributed by atoms with van der Waals surface area (Å²) in [6, 6.07) is 22.2. The van der Waals surface area contributed by atoms with Gasteiger partial charge in [-0.1, -0.05) is 17.5 Å². The zero-order valence-electron chi connectivity index (χ0n) is 39.3. The molecule has 0 aliphatic carbocycles. The minimum Gasteiger partial charge on any atom is -0.745 e. The van der Waals surface area contributed by atoms with Crippen molar-refractivity contribution >= 4 is 135 Å². The fourth-order valence-corrected chi connectivity index (χ4v) is 6.10. The topological polar surface area (TPSA) is 546 Å². The molecule has 45 heteroatoms. The molecule has 6 aromatic carbocycles. The normalized spacial score (nSPS) is 10.1. The third-order valence-electron chi connectivity index (χ3n) is 7.41. The van der Waals surface area contributed by atoms with Crippen LogP contribution in [0.4, 0.5) is 51.2 Å². The Kier molecular flexibility index (Phi) is 41.7. The number of rotatable bonds is 10. The van der Waals surface area contributed by atoms with Crippen LogP contribution in [0, 0.1) is 44.5 Å². The van der Waals surface area contributed by atoms with E-state index in [0.717, 1.165) is 36.4 Å². The van der Waals surface area contributed by atoms with Gasteiger partial charge in [-0.3, -0.25) is 20.2 Å². The minimum absolute atomic E-state index is 0. The zero-order chi connectivity index (χ0) is 54.1. The number of hydrogen-bond donors (Lipinski definition) is 3. The van der Waals surface area contributed by atoms with E-state index in [0.29, 0.717) is 6.07 Å². The van der Waals surface area contributed by atoms with Gasteiger partial charge in [0.2, 0.25) is 0 Å². The molecule has 4 N–H and O–H groups in total. The van der Waals surface area contributed by atoms with E-state index in [-0.39, 0.29) is 233 Å². The monoisotopic (exact) mass is 1240 g/mol. The molecular weight excluding hydrogens is 1220 g/mol. The Hall–Kier alpha value is -2.86. The number of aromatic hydroxyl groups is 2. The number of phenols is 2. The SMILES string of the molecule is Nc1c(N=Nc2[c-]c3cc(S(=O)(=O)[O-])c(N=Nc4[c-]cc([N+](=O)[O-])cc4)c(O)c3cc2)c[c-]c2c[c-]c(N=Nc3ccc([N+](=O)[O-])cc3S(=O)(=O)[O-])c(O)c12.O=S(=O)=O.O=S(=O)=O.O=S(=O)=O.O=S(=O)=O.[Na+].[Na+].[Na+].[Na+].[Na+].[Na+]. The van der Waals surface area contributed by atoms with Crippen molar-refractivity contribution in [2.45, 2.75) is 9.79 Å². The van der Waals surface area contributed by atoms with Gasteiger partial charge in [-0.2, -0.15) is 25.8 Å². The second kappa shape index (κ2) is 38.7. The van der Waals surface area contributed by atoms with Gasteiger partial charge in [0.15, 0.2) is 5.69 Å². The van der Waals surface area contributed by atoms with Crippen LogP contribution < -0.4 is 183 Å². The molecule has 0 unspecified atom stereocenters. The molecule has 33 nitrogen and oxygen atoms in total. The van der Waals surface area contributed by atoms with Gasteiger partial charge < -0.3 is 25.1 Å². The number of azo groups is 3. The number of nitro groups is 2. The van der Waals surface area contributed by atoms with Crippen LogP contribution in [0.5, 0.6) is 11.5 Å². The molecular formula is C32H15N9Na6O24S6. The van der Waals surface area contributed by atoms with Crippen LogP contribution in [0.2, 0.25) is 0 Å². The molecule has 0 spiro atoms. The molecule has 0 aliphatic heterocycles. The van der Waals surface area contributed by atoms with Crippen molar-refractivity contribution in [2.24, 2.45) is 30.7 Å². The minimum atomic E-state index is -5.27. The molecule has 0 saturated heterocycles. The Bertz CT molecular complexity index is 3790. The Morgan fingerprint density at radius 1 is 0.506 bits per heavy atom. The average Bonchev–Trinajstić information content (AvgIpc) is 3.24. The predicted octanol–water partition coefficient (Wildman–Crippen LogP) is -14.9. The summed E-state index contributed by atoms with van der Waals surface area (Å²) < 4.78 is 173. The maximum absolute atomic E-state index is 12.2. The summed E-state index contributed by atoms with van der Waals surface area (Å²) in [6.45, 7) is 0. The molecule has 6 aromatic rings. The van der Waals surface area contributed by atoms with E-state index in [4.69, 9.17) is 56.2 Å². The number of nitrogens with zero attached hydrogens (tertiary/aromatic N) is 8. The standard InChI is InChI=1S/C32H17N9O12S2.6Na.4O3S/c33-29-24(10-1-16-2-11-25(32(43)28(16)29)38-36-23-12-8-21(41(46)47)15-26(23)54(48,49)50)37-35-19-5-9-22-17(13-19)14-27(55(51,52)53)30(31(22)42)39-34-18-3-6-20(7-4-18)40(44)45;;;;;;;4*1-4(2)3/h2-3,5-10,12,14-15,42-43H,33H2,(H,48,49,50)(H,51,52,53);;;;;;;;;;/q-4;6*+1;;;;/p-2. The summed E-state index contributed by atoms with van der Waals surface area (Å²) in [7, 11) is -22.9. The number of hydrogen-bond acceptors (Lipinski definition) is 31. The van der Waals surface area contributed by atoms with E-state index in [1.165, 1.54) is 24.3 Å². The van der Waals surface area contributed by atoms with Gasteiger partial charge in [-0.05, 0) is 28.9 Å². The van der Waals surface area contributed by atoms with E-state index >= 15 is 0 Å². The van der Waals surface area contributed by atoms with Crippen molar-refractivity contribution in [3.63, 3.8) is 0 Å². The van der Waals surface area contributed by atoms with Gasteiger partial charge in [-0.25, -0.2) is 45.5 Å². The maximum atomic E-state index is 12.2. The summed E-state index contributed by atoms with van der Waals surface area (Å²) in [5.74, 6) is -1.38. The summed E-state index contributed by atoms with van der Waals surface area (Å²) in [4.78, 5) is 18.3. The zero-order valence-corrected chi connectivity index (χ0v) is 56.2. The van der Waals surface area contributed by atoms with Gasteiger partial charge >= 0.3 is 220 Å². The first-order valence-corrected chi connectivity index (χ1v) is 23.4. The Balaban J connectivity index is -0.000000694. The third-order valence-corrected chi connectivity index (χ3v) is 9.12. The third kappa shape index (κ3) is 28.4. The molecule has 0 aromatic heterocycles. The number of phenolic OH excluding ortho intramolecular Hbond substituents is 2. The first-order chi connectivity index (χ1) is 32.8. The van der Waals surface area contributed by atoms with E-state index in [2.05, 4.69) is 55.0 Å². The smallest absolute Gasteiger partial charge is 0.745 e.